The van der Waals surface area contributed by atoms with Crippen LogP contribution in [0.15, 0.2) is 54.5 Å². The molecule has 1 saturated carbocycles. The van der Waals surface area contributed by atoms with Gasteiger partial charge in [0.15, 0.2) is 0 Å². The summed E-state index contributed by atoms with van der Waals surface area (Å²) >= 11 is 0. The Kier molecular flexibility index (Phi) is 11.5. The van der Waals surface area contributed by atoms with Gasteiger partial charge in [0, 0.05) is 57.4 Å². The molecule has 1 aromatic heterocycles. The first-order valence-electron chi connectivity index (χ1n) is 15.8. The van der Waals surface area contributed by atoms with Crippen molar-refractivity contribution in [2.24, 2.45) is 0 Å². The second-order valence-corrected chi connectivity index (χ2v) is 12.1. The first-order chi connectivity index (χ1) is 20.3. The van der Waals surface area contributed by atoms with Gasteiger partial charge in [-0.3, -0.25) is 19.4 Å². The van der Waals surface area contributed by atoms with Crippen LogP contribution in [0.3, 0.4) is 0 Å². The first-order valence-corrected chi connectivity index (χ1v) is 15.8. The van der Waals surface area contributed by atoms with Gasteiger partial charge in [0.25, 0.3) is 0 Å². The molecule has 0 bridgehead atoms. The van der Waals surface area contributed by atoms with Gasteiger partial charge in [0.2, 0.25) is 11.6 Å². The van der Waals surface area contributed by atoms with Crippen molar-refractivity contribution >= 4 is 23.1 Å². The van der Waals surface area contributed by atoms with Crippen molar-refractivity contribution in [1.82, 2.24) is 20.1 Å². The highest BCUT2D eigenvalue weighted by Crippen LogP contribution is 2.24. The Bertz CT molecular complexity index is 1190. The number of piperazine rings is 1. The number of aryl methyl sites for hydroxylation is 1. The Morgan fingerprint density at radius 1 is 1.10 bits per heavy atom. The summed E-state index contributed by atoms with van der Waals surface area (Å²) < 4.78 is 0. The third kappa shape index (κ3) is 9.13. The van der Waals surface area contributed by atoms with Crippen molar-refractivity contribution in [3.63, 3.8) is 0 Å². The van der Waals surface area contributed by atoms with Crippen molar-refractivity contribution in [3.8, 4) is 0 Å². The minimum atomic E-state index is -0.499. The van der Waals surface area contributed by atoms with Gasteiger partial charge >= 0.3 is 0 Å². The van der Waals surface area contributed by atoms with Crippen molar-refractivity contribution < 1.29 is 9.59 Å². The van der Waals surface area contributed by atoms with Crippen molar-refractivity contribution in [2.45, 2.75) is 91.4 Å². The molecular weight excluding hydrogens is 524 g/mol. The third-order valence-corrected chi connectivity index (χ3v) is 8.45. The van der Waals surface area contributed by atoms with E-state index in [-0.39, 0.29) is 6.04 Å². The molecule has 2 fully saturated rings. The van der Waals surface area contributed by atoms with Crippen LogP contribution in [0, 0.1) is 6.92 Å². The second kappa shape index (κ2) is 15.3. The van der Waals surface area contributed by atoms with Crippen LogP contribution in [-0.2, 0) is 16.1 Å². The smallest absolute Gasteiger partial charge is 0.245 e. The zero-order valence-electron chi connectivity index (χ0n) is 26.2. The molecule has 2 heterocycles. The number of anilines is 2. The standard InChI is InChI=1S/C34H50N6O2/c1-6-17-38(23-28-10-8-25(3)9-11-28)18-16-26(4)40-20-19-39(24-31(40)7-2)33-15-14-30(21-36-33)35-22-32(34(42)27(5)41)37-29-12-13-29/h8-11,14-15,21-22,26,29,31,35,37H,6-7,12-13,16-20,23-24H2,1-5H3/b32-22-. The Morgan fingerprint density at radius 2 is 1.86 bits per heavy atom. The van der Waals surface area contributed by atoms with E-state index in [1.807, 2.05) is 12.1 Å². The maximum absolute atomic E-state index is 12.3. The summed E-state index contributed by atoms with van der Waals surface area (Å²) in [6, 6.07) is 14.3. The molecule has 1 aliphatic carbocycles. The fraction of sp³-hybridized carbons (Fsp3) is 0.559. The predicted octanol–water partition coefficient (Wildman–Crippen LogP) is 5.14. The first kappa shape index (κ1) is 31.7. The molecule has 1 aliphatic heterocycles. The molecule has 228 valence electrons. The van der Waals surface area contributed by atoms with Gasteiger partial charge in [-0.2, -0.15) is 0 Å². The summed E-state index contributed by atoms with van der Waals surface area (Å²) in [6.45, 7) is 16.6. The number of nitrogens with zero attached hydrogens (tertiary/aromatic N) is 4. The van der Waals surface area contributed by atoms with Crippen LogP contribution in [-0.4, -0.2) is 77.2 Å². The fourth-order valence-corrected chi connectivity index (χ4v) is 5.72. The molecule has 8 nitrogen and oxygen atoms in total. The fourth-order valence-electron chi connectivity index (χ4n) is 5.72. The lowest BCUT2D eigenvalue weighted by Crippen LogP contribution is -2.56. The van der Waals surface area contributed by atoms with Crippen LogP contribution in [0.1, 0.15) is 70.9 Å². The minimum absolute atomic E-state index is 0.281. The lowest BCUT2D eigenvalue weighted by molar-refractivity contribution is -0.133. The second-order valence-electron chi connectivity index (χ2n) is 12.1. The van der Waals surface area contributed by atoms with Crippen molar-refractivity contribution in [1.29, 1.82) is 0 Å². The van der Waals surface area contributed by atoms with Crippen LogP contribution in [0.5, 0.6) is 0 Å². The van der Waals surface area contributed by atoms with Gasteiger partial charge in [-0.05, 0) is 76.7 Å². The number of aromatic nitrogens is 1. The van der Waals surface area contributed by atoms with Crippen LogP contribution in [0.4, 0.5) is 11.5 Å². The van der Waals surface area contributed by atoms with Crippen LogP contribution in [0.2, 0.25) is 0 Å². The number of pyridine rings is 1. The SMILES string of the molecule is CCCN(CCC(C)N1CCN(c2ccc(N/C=C(\NC3CC3)C(=O)C(C)=O)cn2)CC1CC)Cc1ccc(C)cc1. The van der Waals surface area contributed by atoms with Crippen LogP contribution < -0.4 is 15.5 Å². The summed E-state index contributed by atoms with van der Waals surface area (Å²) in [6.07, 6.45) is 8.87. The van der Waals surface area contributed by atoms with Crippen LogP contribution >= 0.6 is 0 Å². The van der Waals surface area contributed by atoms with E-state index in [0.29, 0.717) is 17.8 Å². The predicted molar refractivity (Wildman–Crippen MR) is 172 cm³/mol. The topological polar surface area (TPSA) is 80.8 Å². The van der Waals surface area contributed by atoms with E-state index in [2.05, 4.69) is 77.3 Å². The van der Waals surface area contributed by atoms with Gasteiger partial charge in [0.05, 0.1) is 11.9 Å². The number of rotatable bonds is 16. The molecule has 8 heteroatoms. The highest BCUT2D eigenvalue weighted by atomic mass is 16.2. The molecule has 0 spiro atoms. The normalized spacial score (nSPS) is 18.7. The molecule has 2 aliphatic rings. The highest BCUT2D eigenvalue weighted by Gasteiger charge is 2.30. The summed E-state index contributed by atoms with van der Waals surface area (Å²) in [5, 5.41) is 6.30. The summed E-state index contributed by atoms with van der Waals surface area (Å²) in [4.78, 5) is 36.3. The number of ketones is 2. The molecule has 1 aromatic carbocycles. The lowest BCUT2D eigenvalue weighted by Gasteiger charge is -2.45. The van der Waals surface area contributed by atoms with E-state index in [1.54, 1.807) is 12.4 Å². The number of benzene rings is 1. The van der Waals surface area contributed by atoms with Gasteiger partial charge in [-0.1, -0.05) is 43.7 Å². The van der Waals surface area contributed by atoms with Gasteiger partial charge in [-0.15, -0.1) is 0 Å². The summed E-state index contributed by atoms with van der Waals surface area (Å²) in [5.41, 5.74) is 3.81. The molecule has 2 atom stereocenters. The van der Waals surface area contributed by atoms with E-state index in [9.17, 15) is 9.59 Å². The highest BCUT2D eigenvalue weighted by molar-refractivity contribution is 6.42. The zero-order valence-corrected chi connectivity index (χ0v) is 26.2. The summed E-state index contributed by atoms with van der Waals surface area (Å²) in [5.74, 6) is 0.00353. The van der Waals surface area contributed by atoms with Gasteiger partial charge in [0.1, 0.15) is 11.5 Å². The van der Waals surface area contributed by atoms with Crippen molar-refractivity contribution in [2.75, 3.05) is 42.9 Å². The number of carbonyl (C=O) groups is 2. The molecule has 42 heavy (non-hydrogen) atoms. The van der Waals surface area contributed by atoms with E-state index in [1.165, 1.54) is 24.5 Å². The molecule has 2 unspecified atom stereocenters. The Morgan fingerprint density at radius 3 is 2.48 bits per heavy atom. The summed E-state index contributed by atoms with van der Waals surface area (Å²) in [7, 11) is 0. The molecule has 1 saturated heterocycles. The van der Waals surface area contributed by atoms with E-state index in [0.717, 1.165) is 76.5 Å². The van der Waals surface area contributed by atoms with E-state index < -0.39 is 11.6 Å². The Labute approximate surface area is 252 Å². The molecule has 0 amide bonds. The number of nitrogens with one attached hydrogen (secondary N) is 2. The average molecular weight is 575 g/mol. The number of carbonyl (C=O) groups excluding carboxylic acids is 2. The maximum Gasteiger partial charge on any atom is 0.245 e. The largest absolute Gasteiger partial charge is 0.378 e. The minimum Gasteiger partial charge on any atom is -0.378 e. The van der Waals surface area contributed by atoms with Gasteiger partial charge in [-0.25, -0.2) is 4.98 Å². The number of allylic oxidation sites excluding steroid dienone is 1. The van der Waals surface area contributed by atoms with Crippen LogP contribution in [0.25, 0.3) is 0 Å². The molecule has 4 rings (SSSR count). The molecule has 0 radical (unpaired) electrons. The van der Waals surface area contributed by atoms with E-state index >= 15 is 0 Å². The maximum atomic E-state index is 12.3. The lowest BCUT2D eigenvalue weighted by atomic mass is 10.0. The Hall–Kier alpha value is -3.23. The van der Waals surface area contributed by atoms with E-state index in [4.69, 9.17) is 4.98 Å². The Balaban J connectivity index is 1.30. The number of hydrogen-bond donors (Lipinski definition) is 2. The quantitative estimate of drug-likeness (QED) is 0.211. The van der Waals surface area contributed by atoms with Gasteiger partial charge < -0.3 is 15.5 Å². The average Bonchev–Trinajstić information content (AvgIpc) is 3.83. The van der Waals surface area contributed by atoms with Crippen molar-refractivity contribution in [3.05, 3.63) is 65.6 Å². The number of Topliss-reactive ketones (excluding diaryl/α,β-unsaturated/α-hetero) is 2. The zero-order chi connectivity index (χ0) is 30.1. The molecular formula is C34H50N6O2. The molecule has 2 aromatic rings. The molecule has 2 N–H and O–H groups in total. The number of hydrogen-bond acceptors (Lipinski definition) is 8. The monoisotopic (exact) mass is 574 g/mol. The third-order valence-electron chi connectivity index (χ3n) is 8.45.